The van der Waals surface area contributed by atoms with Crippen molar-refractivity contribution in [3.63, 3.8) is 0 Å². The average molecular weight is 286 g/mol. The molecule has 0 saturated carbocycles. The van der Waals surface area contributed by atoms with Gasteiger partial charge in [-0.05, 0) is 18.6 Å². The van der Waals surface area contributed by atoms with E-state index < -0.39 is 21.7 Å². The van der Waals surface area contributed by atoms with Crippen LogP contribution in [0.25, 0.3) is 0 Å². The van der Waals surface area contributed by atoms with Crippen LogP contribution in [-0.4, -0.2) is 44.3 Å². The molecule has 1 aliphatic heterocycles. The van der Waals surface area contributed by atoms with Gasteiger partial charge in [0.05, 0.1) is 24.3 Å². The summed E-state index contributed by atoms with van der Waals surface area (Å²) in [6, 6.07) is 2.69. The van der Waals surface area contributed by atoms with Crippen LogP contribution in [0.2, 0.25) is 0 Å². The molecule has 1 saturated heterocycles. The first-order valence-electron chi connectivity index (χ1n) is 5.78. The molecule has 1 aromatic heterocycles. The summed E-state index contributed by atoms with van der Waals surface area (Å²) >= 11 is 0. The summed E-state index contributed by atoms with van der Waals surface area (Å²) in [6.07, 6.45) is 1.78. The fraction of sp³-hybridized carbons (Fsp3) is 0.455. The molecule has 2 amide bonds. The number of amides is 2. The molecular weight excluding hydrogens is 272 g/mol. The van der Waals surface area contributed by atoms with Gasteiger partial charge < -0.3 is 15.1 Å². The molecule has 0 radical (unpaired) electrons. The number of furan rings is 1. The van der Waals surface area contributed by atoms with E-state index in [0.717, 1.165) is 0 Å². The van der Waals surface area contributed by atoms with Gasteiger partial charge >= 0.3 is 0 Å². The second-order valence-electron chi connectivity index (χ2n) is 4.33. The van der Waals surface area contributed by atoms with Crippen LogP contribution >= 0.6 is 0 Å². The van der Waals surface area contributed by atoms with Crippen LogP contribution < -0.4 is 10.6 Å². The zero-order valence-electron chi connectivity index (χ0n) is 10.1. The quantitative estimate of drug-likeness (QED) is 0.762. The molecule has 2 rings (SSSR count). The molecule has 8 heteroatoms. The topological polar surface area (TPSA) is 105 Å². The molecule has 0 unspecified atom stereocenters. The van der Waals surface area contributed by atoms with Crippen LogP contribution in [0.3, 0.4) is 0 Å². The number of carbonyl (C=O) groups excluding carboxylic acids is 2. The largest absolute Gasteiger partial charge is 0.459 e. The molecule has 1 aromatic rings. The Labute approximate surface area is 110 Å². The third-order valence-corrected chi connectivity index (χ3v) is 4.52. The lowest BCUT2D eigenvalue weighted by atomic mass is 10.2. The van der Waals surface area contributed by atoms with Crippen molar-refractivity contribution in [2.45, 2.75) is 12.5 Å². The molecule has 2 heterocycles. The highest BCUT2D eigenvalue weighted by atomic mass is 32.2. The first-order valence-corrected chi connectivity index (χ1v) is 7.60. The number of rotatable bonds is 4. The highest BCUT2D eigenvalue weighted by Crippen LogP contribution is 2.10. The molecule has 1 fully saturated rings. The van der Waals surface area contributed by atoms with Crippen LogP contribution in [0.5, 0.6) is 0 Å². The Morgan fingerprint density at radius 1 is 1.42 bits per heavy atom. The molecule has 1 aliphatic rings. The van der Waals surface area contributed by atoms with Crippen molar-refractivity contribution in [1.29, 1.82) is 0 Å². The smallest absolute Gasteiger partial charge is 0.287 e. The van der Waals surface area contributed by atoms with Gasteiger partial charge in [-0.15, -0.1) is 0 Å². The maximum atomic E-state index is 11.5. The summed E-state index contributed by atoms with van der Waals surface area (Å²) in [7, 11) is -3.02. The highest BCUT2D eigenvalue weighted by Gasteiger charge is 2.28. The van der Waals surface area contributed by atoms with Crippen LogP contribution in [0.15, 0.2) is 22.8 Å². The minimum atomic E-state index is -3.02. The summed E-state index contributed by atoms with van der Waals surface area (Å²) in [4.78, 5) is 23.0. The number of nitrogens with one attached hydrogen (secondary N) is 2. The van der Waals surface area contributed by atoms with Crippen LogP contribution in [0.1, 0.15) is 17.0 Å². The van der Waals surface area contributed by atoms with E-state index in [1.165, 1.54) is 12.3 Å². The first-order chi connectivity index (χ1) is 8.96. The Balaban J connectivity index is 1.75. The lowest BCUT2D eigenvalue weighted by Gasteiger charge is -2.10. The number of hydrogen-bond donors (Lipinski definition) is 2. The number of sulfone groups is 1. The second kappa shape index (κ2) is 5.43. The van der Waals surface area contributed by atoms with Crippen molar-refractivity contribution in [3.8, 4) is 0 Å². The van der Waals surface area contributed by atoms with Crippen molar-refractivity contribution in [2.24, 2.45) is 0 Å². The van der Waals surface area contributed by atoms with Crippen LogP contribution in [-0.2, 0) is 14.6 Å². The summed E-state index contributed by atoms with van der Waals surface area (Å²) < 4.78 is 27.3. The molecule has 0 spiro atoms. The predicted octanol–water partition coefficient (Wildman–Crippen LogP) is -0.687. The fourth-order valence-corrected chi connectivity index (χ4v) is 3.52. The normalized spacial score (nSPS) is 20.9. The van der Waals surface area contributed by atoms with Crippen molar-refractivity contribution < 1.29 is 22.4 Å². The molecule has 104 valence electrons. The maximum absolute atomic E-state index is 11.5. The van der Waals surface area contributed by atoms with E-state index >= 15 is 0 Å². The van der Waals surface area contributed by atoms with Crippen molar-refractivity contribution in [3.05, 3.63) is 24.2 Å². The Morgan fingerprint density at radius 2 is 2.21 bits per heavy atom. The molecule has 1 atom stereocenters. The fourth-order valence-electron chi connectivity index (χ4n) is 1.84. The molecule has 2 N–H and O–H groups in total. The van der Waals surface area contributed by atoms with Gasteiger partial charge in [-0.25, -0.2) is 8.42 Å². The zero-order valence-corrected chi connectivity index (χ0v) is 10.9. The summed E-state index contributed by atoms with van der Waals surface area (Å²) in [6.45, 7) is -0.212. The van der Waals surface area contributed by atoms with E-state index in [1.54, 1.807) is 6.07 Å². The average Bonchev–Trinajstić information content (AvgIpc) is 2.96. The SMILES string of the molecule is O=C(CNC(=O)c1ccco1)N[C@H]1CCS(=O)(=O)C1. The highest BCUT2D eigenvalue weighted by molar-refractivity contribution is 7.91. The molecule has 19 heavy (non-hydrogen) atoms. The summed E-state index contributed by atoms with van der Waals surface area (Å²) in [5, 5.41) is 4.96. The van der Waals surface area contributed by atoms with E-state index in [1.807, 2.05) is 0 Å². The van der Waals surface area contributed by atoms with Gasteiger partial charge in [-0.1, -0.05) is 0 Å². The van der Waals surface area contributed by atoms with Gasteiger partial charge in [-0.3, -0.25) is 9.59 Å². The minimum Gasteiger partial charge on any atom is -0.459 e. The van der Waals surface area contributed by atoms with Gasteiger partial charge in [-0.2, -0.15) is 0 Å². The third-order valence-electron chi connectivity index (χ3n) is 2.75. The summed E-state index contributed by atoms with van der Waals surface area (Å²) in [5.74, 6) is -0.723. The lowest BCUT2D eigenvalue weighted by Crippen LogP contribution is -2.42. The Kier molecular flexibility index (Phi) is 3.89. The van der Waals surface area contributed by atoms with Crippen LogP contribution in [0.4, 0.5) is 0 Å². The molecule has 0 bridgehead atoms. The van der Waals surface area contributed by atoms with Crippen LogP contribution in [0, 0.1) is 0 Å². The number of hydrogen-bond acceptors (Lipinski definition) is 5. The molecule has 0 aliphatic carbocycles. The maximum Gasteiger partial charge on any atom is 0.287 e. The van der Waals surface area contributed by atoms with Gasteiger partial charge in [0.1, 0.15) is 0 Å². The Bertz CT molecular complexity index is 564. The van der Waals surface area contributed by atoms with Crippen molar-refractivity contribution in [1.82, 2.24) is 10.6 Å². The minimum absolute atomic E-state index is 0.0368. The Morgan fingerprint density at radius 3 is 2.79 bits per heavy atom. The monoisotopic (exact) mass is 286 g/mol. The third kappa shape index (κ3) is 3.82. The van der Waals surface area contributed by atoms with Crippen molar-refractivity contribution >= 4 is 21.7 Å². The summed E-state index contributed by atoms with van der Waals surface area (Å²) in [5.41, 5.74) is 0. The first kappa shape index (κ1) is 13.6. The molecule has 7 nitrogen and oxygen atoms in total. The van der Waals surface area contributed by atoms with E-state index in [-0.39, 0.29) is 29.9 Å². The van der Waals surface area contributed by atoms with E-state index in [9.17, 15) is 18.0 Å². The standard InChI is InChI=1S/C11H14N2O5S/c14-10(13-8-3-5-19(16,17)7-8)6-12-11(15)9-2-1-4-18-9/h1-2,4,8H,3,5-7H2,(H,12,15)(H,13,14)/t8-/m0/s1. The zero-order chi connectivity index (χ0) is 13.9. The van der Waals surface area contributed by atoms with Gasteiger partial charge in [0, 0.05) is 6.04 Å². The van der Waals surface area contributed by atoms with Gasteiger partial charge in [0.15, 0.2) is 15.6 Å². The Hall–Kier alpha value is -1.83. The van der Waals surface area contributed by atoms with E-state index in [4.69, 9.17) is 4.42 Å². The van der Waals surface area contributed by atoms with Crippen molar-refractivity contribution in [2.75, 3.05) is 18.1 Å². The van der Waals surface area contributed by atoms with E-state index in [0.29, 0.717) is 6.42 Å². The van der Waals surface area contributed by atoms with E-state index in [2.05, 4.69) is 10.6 Å². The second-order valence-corrected chi connectivity index (χ2v) is 6.56. The van der Waals surface area contributed by atoms with Gasteiger partial charge in [0.25, 0.3) is 5.91 Å². The van der Waals surface area contributed by atoms with Gasteiger partial charge in [0.2, 0.25) is 5.91 Å². The molecule has 0 aromatic carbocycles. The lowest BCUT2D eigenvalue weighted by molar-refractivity contribution is -0.120. The number of carbonyl (C=O) groups is 2. The predicted molar refractivity (Wildman–Crippen MR) is 66.2 cm³/mol. The molecular formula is C11H14N2O5S.